The summed E-state index contributed by atoms with van der Waals surface area (Å²) in [6.07, 6.45) is 2.49. The summed E-state index contributed by atoms with van der Waals surface area (Å²) in [5.74, 6) is -0.237. The first-order valence-electron chi connectivity index (χ1n) is 6.54. The van der Waals surface area contributed by atoms with Crippen LogP contribution < -0.4 is 0 Å². The monoisotopic (exact) mass is 282 g/mol. The molecule has 0 unspecified atom stereocenters. The van der Waals surface area contributed by atoms with Crippen LogP contribution in [0.2, 0.25) is 5.02 Å². The van der Waals surface area contributed by atoms with Crippen molar-refractivity contribution in [2.75, 3.05) is 33.2 Å². The molecule has 0 aliphatic carbocycles. The van der Waals surface area contributed by atoms with Crippen LogP contribution in [0.3, 0.4) is 0 Å². The Bertz CT molecular complexity index is 459. The second kappa shape index (κ2) is 6.26. The molecule has 1 aliphatic rings. The highest BCUT2D eigenvalue weighted by Crippen LogP contribution is 2.22. The molecule has 1 aromatic carbocycles. The molecule has 104 valence electrons. The van der Waals surface area contributed by atoms with Crippen LogP contribution >= 0.6 is 11.6 Å². The molecular weight excluding hydrogens is 264 g/mol. The van der Waals surface area contributed by atoms with Crippen LogP contribution in [0.25, 0.3) is 0 Å². The summed E-state index contributed by atoms with van der Waals surface area (Å²) in [6.45, 7) is 3.79. The Hall–Kier alpha value is -1.26. The fourth-order valence-corrected chi connectivity index (χ4v) is 2.46. The van der Waals surface area contributed by atoms with E-state index in [1.807, 2.05) is 0 Å². The number of benzene rings is 1. The van der Waals surface area contributed by atoms with E-state index in [0.29, 0.717) is 17.1 Å². The number of aromatic hydroxyl groups is 1. The van der Waals surface area contributed by atoms with Gasteiger partial charge in [-0.2, -0.15) is 0 Å². The largest absolute Gasteiger partial charge is 0.507 e. The van der Waals surface area contributed by atoms with Crippen LogP contribution in [0.1, 0.15) is 23.2 Å². The second-order valence-electron chi connectivity index (χ2n) is 4.94. The van der Waals surface area contributed by atoms with Crippen molar-refractivity contribution in [1.29, 1.82) is 0 Å². The maximum absolute atomic E-state index is 12.2. The maximum atomic E-state index is 12.2. The Labute approximate surface area is 118 Å². The summed E-state index contributed by atoms with van der Waals surface area (Å²) in [5, 5.41) is 10.2. The third-order valence-corrected chi connectivity index (χ3v) is 3.72. The van der Waals surface area contributed by atoms with Gasteiger partial charge in [0, 0.05) is 25.2 Å². The molecule has 5 heteroatoms. The van der Waals surface area contributed by atoms with E-state index < -0.39 is 0 Å². The van der Waals surface area contributed by atoms with Gasteiger partial charge in [-0.3, -0.25) is 4.79 Å². The Kier molecular flexibility index (Phi) is 4.66. The predicted molar refractivity (Wildman–Crippen MR) is 75.8 cm³/mol. The molecule has 4 nitrogen and oxygen atoms in total. The number of halogens is 1. The van der Waals surface area contributed by atoms with Gasteiger partial charge in [0.1, 0.15) is 5.75 Å². The van der Waals surface area contributed by atoms with Crippen LogP contribution in [0.4, 0.5) is 0 Å². The zero-order valence-corrected chi connectivity index (χ0v) is 11.9. The number of amides is 1. The number of likely N-dealkylation sites (N-methyl/N-ethyl adjacent to an activating group) is 1. The highest BCUT2D eigenvalue weighted by atomic mass is 35.5. The predicted octanol–water partition coefficient (Wildman–Crippen LogP) is 2.21. The third kappa shape index (κ3) is 3.61. The molecule has 1 fully saturated rings. The van der Waals surface area contributed by atoms with Gasteiger partial charge in [0.2, 0.25) is 0 Å². The number of rotatable bonds is 4. The molecule has 0 radical (unpaired) electrons. The minimum Gasteiger partial charge on any atom is -0.507 e. The smallest absolute Gasteiger partial charge is 0.257 e. The van der Waals surface area contributed by atoms with E-state index in [-0.39, 0.29) is 11.7 Å². The summed E-state index contributed by atoms with van der Waals surface area (Å²) in [4.78, 5) is 16.2. The Morgan fingerprint density at radius 1 is 1.42 bits per heavy atom. The number of hydrogen-bond acceptors (Lipinski definition) is 3. The summed E-state index contributed by atoms with van der Waals surface area (Å²) in [7, 11) is 1.76. The molecule has 1 aromatic rings. The number of likely N-dealkylation sites (tertiary alicyclic amines) is 1. The second-order valence-corrected chi connectivity index (χ2v) is 5.37. The van der Waals surface area contributed by atoms with Gasteiger partial charge in [-0.1, -0.05) is 11.6 Å². The fourth-order valence-electron chi connectivity index (χ4n) is 2.29. The molecule has 1 N–H and O–H groups in total. The van der Waals surface area contributed by atoms with E-state index in [1.165, 1.54) is 18.9 Å². The molecule has 1 amide bonds. The Morgan fingerprint density at radius 3 is 2.74 bits per heavy atom. The number of phenols is 1. The normalized spacial score (nSPS) is 15.7. The third-order valence-electron chi connectivity index (χ3n) is 3.49. The molecule has 0 saturated carbocycles. The number of carbonyl (C=O) groups is 1. The summed E-state index contributed by atoms with van der Waals surface area (Å²) >= 11 is 5.76. The lowest BCUT2D eigenvalue weighted by Gasteiger charge is -2.21. The van der Waals surface area contributed by atoms with Gasteiger partial charge in [-0.15, -0.1) is 0 Å². The first-order valence-corrected chi connectivity index (χ1v) is 6.92. The van der Waals surface area contributed by atoms with E-state index in [9.17, 15) is 9.90 Å². The molecule has 1 aliphatic heterocycles. The molecule has 19 heavy (non-hydrogen) atoms. The maximum Gasteiger partial charge on any atom is 0.257 e. The van der Waals surface area contributed by atoms with Gasteiger partial charge in [0.25, 0.3) is 5.91 Å². The van der Waals surface area contributed by atoms with Crippen molar-refractivity contribution >= 4 is 17.5 Å². The molecule has 0 aromatic heterocycles. The zero-order valence-electron chi connectivity index (χ0n) is 11.1. The van der Waals surface area contributed by atoms with Gasteiger partial charge in [0.15, 0.2) is 0 Å². The van der Waals surface area contributed by atoms with Crippen LogP contribution in [-0.2, 0) is 0 Å². The summed E-state index contributed by atoms with van der Waals surface area (Å²) in [6, 6.07) is 4.57. The van der Waals surface area contributed by atoms with Gasteiger partial charge in [-0.05, 0) is 44.1 Å². The lowest BCUT2D eigenvalue weighted by atomic mass is 10.2. The summed E-state index contributed by atoms with van der Waals surface area (Å²) < 4.78 is 0. The number of carbonyl (C=O) groups excluding carboxylic acids is 1. The molecule has 1 saturated heterocycles. The van der Waals surface area contributed by atoms with Crippen molar-refractivity contribution in [1.82, 2.24) is 9.80 Å². The van der Waals surface area contributed by atoms with Crippen molar-refractivity contribution in [3.05, 3.63) is 28.8 Å². The quantitative estimate of drug-likeness (QED) is 0.921. The lowest BCUT2D eigenvalue weighted by molar-refractivity contribution is 0.0779. The topological polar surface area (TPSA) is 43.8 Å². The van der Waals surface area contributed by atoms with Crippen molar-refractivity contribution in [2.45, 2.75) is 12.8 Å². The average molecular weight is 283 g/mol. The van der Waals surface area contributed by atoms with E-state index in [4.69, 9.17) is 11.6 Å². The van der Waals surface area contributed by atoms with Gasteiger partial charge in [-0.25, -0.2) is 0 Å². The number of hydrogen-bond donors (Lipinski definition) is 1. The van der Waals surface area contributed by atoms with E-state index in [1.54, 1.807) is 24.1 Å². The van der Waals surface area contributed by atoms with E-state index in [0.717, 1.165) is 19.6 Å². The molecule has 1 heterocycles. The van der Waals surface area contributed by atoms with Crippen LogP contribution in [0, 0.1) is 0 Å². The molecular formula is C14H19ClN2O2. The fraction of sp³-hybridized carbons (Fsp3) is 0.500. The van der Waals surface area contributed by atoms with Crippen molar-refractivity contribution < 1.29 is 9.90 Å². The van der Waals surface area contributed by atoms with Crippen LogP contribution in [0.5, 0.6) is 5.75 Å². The molecule has 0 atom stereocenters. The van der Waals surface area contributed by atoms with E-state index in [2.05, 4.69) is 4.90 Å². The first-order chi connectivity index (χ1) is 9.08. The SMILES string of the molecule is CN(CCN1CCCC1)C(=O)c1ccc(Cl)cc1O. The van der Waals surface area contributed by atoms with Crippen molar-refractivity contribution in [2.24, 2.45) is 0 Å². The lowest BCUT2D eigenvalue weighted by Crippen LogP contribution is -2.35. The minimum atomic E-state index is -0.173. The Balaban J connectivity index is 1.94. The van der Waals surface area contributed by atoms with Crippen molar-refractivity contribution in [3.8, 4) is 5.75 Å². The number of nitrogens with zero attached hydrogens (tertiary/aromatic N) is 2. The first kappa shape index (κ1) is 14.2. The van der Waals surface area contributed by atoms with Crippen LogP contribution in [-0.4, -0.2) is 54.0 Å². The minimum absolute atomic E-state index is 0.0643. The summed E-state index contributed by atoms with van der Waals surface area (Å²) in [5.41, 5.74) is 0.299. The number of phenolic OH excluding ortho intramolecular Hbond substituents is 1. The molecule has 0 spiro atoms. The molecule has 2 rings (SSSR count). The highest BCUT2D eigenvalue weighted by Gasteiger charge is 2.18. The van der Waals surface area contributed by atoms with Gasteiger partial charge >= 0.3 is 0 Å². The van der Waals surface area contributed by atoms with Crippen LogP contribution in [0.15, 0.2) is 18.2 Å². The Morgan fingerprint density at radius 2 is 2.11 bits per heavy atom. The van der Waals surface area contributed by atoms with E-state index >= 15 is 0 Å². The van der Waals surface area contributed by atoms with Gasteiger partial charge in [0.05, 0.1) is 5.56 Å². The zero-order chi connectivity index (χ0) is 13.8. The average Bonchev–Trinajstić information content (AvgIpc) is 2.88. The van der Waals surface area contributed by atoms with Gasteiger partial charge < -0.3 is 14.9 Å². The van der Waals surface area contributed by atoms with Crippen molar-refractivity contribution in [3.63, 3.8) is 0 Å². The molecule has 0 bridgehead atoms. The highest BCUT2D eigenvalue weighted by molar-refractivity contribution is 6.30. The standard InChI is InChI=1S/C14H19ClN2O2/c1-16(8-9-17-6-2-3-7-17)14(19)12-5-4-11(15)10-13(12)18/h4-5,10,18H,2-3,6-9H2,1H3.